The summed E-state index contributed by atoms with van der Waals surface area (Å²) in [5.74, 6) is 6.70. The van der Waals surface area contributed by atoms with Gasteiger partial charge in [0.25, 0.3) is 0 Å². The molecule has 4 heteroatoms. The maximum absolute atomic E-state index is 5.87. The number of nitrogens with zero attached hydrogens (tertiary/aromatic N) is 2. The molecule has 0 rings (SSSR count). The van der Waals surface area contributed by atoms with E-state index in [1.807, 2.05) is 6.92 Å². The summed E-state index contributed by atoms with van der Waals surface area (Å²) in [5, 5.41) is 4.90. The third-order valence-electron chi connectivity index (χ3n) is 3.72. The highest BCUT2D eigenvalue weighted by Gasteiger charge is 2.02. The van der Waals surface area contributed by atoms with Crippen LogP contribution in [0.15, 0.2) is 4.99 Å². The quantitative estimate of drug-likeness (QED) is 0.177. The lowest BCUT2D eigenvalue weighted by atomic mass is 10.1. The predicted octanol–water partition coefficient (Wildman–Crippen LogP) is 4.07. The Hall–Kier alpha value is -0.770. The van der Waals surface area contributed by atoms with Crippen LogP contribution in [-0.2, 0) is 0 Å². The van der Waals surface area contributed by atoms with Crippen LogP contribution in [0.1, 0.15) is 85.0 Å². The van der Waals surface area contributed by atoms with Crippen molar-refractivity contribution in [3.8, 4) is 0 Å². The minimum atomic E-state index is 0.782. The van der Waals surface area contributed by atoms with Gasteiger partial charge in [-0.3, -0.25) is 10.0 Å². The average Bonchev–Trinajstić information content (AvgIpc) is 2.50. The molecular formula is C17H38N4. The lowest BCUT2D eigenvalue weighted by Crippen LogP contribution is -2.45. The molecule has 0 aliphatic rings. The van der Waals surface area contributed by atoms with E-state index in [1.54, 1.807) is 5.01 Å². The molecule has 0 aromatic rings. The van der Waals surface area contributed by atoms with Crippen molar-refractivity contribution in [1.82, 2.24) is 10.3 Å². The molecule has 4 nitrogen and oxygen atoms in total. The number of nitrogens with one attached hydrogen (secondary N) is 1. The van der Waals surface area contributed by atoms with Gasteiger partial charge < -0.3 is 5.32 Å². The van der Waals surface area contributed by atoms with E-state index in [4.69, 9.17) is 5.84 Å². The summed E-state index contributed by atoms with van der Waals surface area (Å²) in [7, 11) is 0. The van der Waals surface area contributed by atoms with Gasteiger partial charge in [-0.1, -0.05) is 64.7 Å². The number of hydrazine groups is 1. The molecule has 0 heterocycles. The van der Waals surface area contributed by atoms with Gasteiger partial charge in [-0.2, -0.15) is 0 Å². The van der Waals surface area contributed by atoms with Crippen LogP contribution in [0.3, 0.4) is 0 Å². The van der Waals surface area contributed by atoms with Gasteiger partial charge in [-0.15, -0.1) is 0 Å². The minimum absolute atomic E-state index is 0.782. The Morgan fingerprint density at radius 1 is 0.857 bits per heavy atom. The fraction of sp³-hybridized carbons (Fsp3) is 0.941. The summed E-state index contributed by atoms with van der Waals surface area (Å²) < 4.78 is 0. The third kappa shape index (κ3) is 12.7. The second-order valence-corrected chi connectivity index (χ2v) is 5.70. The van der Waals surface area contributed by atoms with Crippen molar-refractivity contribution in [1.29, 1.82) is 0 Å². The van der Waals surface area contributed by atoms with E-state index >= 15 is 0 Å². The van der Waals surface area contributed by atoms with Gasteiger partial charge in [-0.05, 0) is 20.3 Å². The molecular weight excluding hydrogens is 260 g/mol. The topological polar surface area (TPSA) is 53.7 Å². The van der Waals surface area contributed by atoms with Crippen molar-refractivity contribution >= 4 is 5.96 Å². The highest BCUT2D eigenvalue weighted by Crippen LogP contribution is 2.10. The van der Waals surface area contributed by atoms with E-state index in [0.717, 1.165) is 25.6 Å². The van der Waals surface area contributed by atoms with Crippen LogP contribution in [0.2, 0.25) is 0 Å². The van der Waals surface area contributed by atoms with Crippen molar-refractivity contribution < 1.29 is 0 Å². The predicted molar refractivity (Wildman–Crippen MR) is 94.4 cm³/mol. The van der Waals surface area contributed by atoms with Gasteiger partial charge in [0, 0.05) is 19.6 Å². The molecule has 0 aliphatic carbocycles. The lowest BCUT2D eigenvalue weighted by molar-refractivity contribution is 0.443. The Morgan fingerprint density at radius 3 is 1.86 bits per heavy atom. The molecule has 0 bridgehead atoms. The van der Waals surface area contributed by atoms with Crippen LogP contribution in [0, 0.1) is 0 Å². The monoisotopic (exact) mass is 298 g/mol. The number of guanidine groups is 1. The molecule has 0 fully saturated rings. The van der Waals surface area contributed by atoms with Crippen LogP contribution < -0.4 is 11.2 Å². The fourth-order valence-electron chi connectivity index (χ4n) is 2.34. The first-order valence-corrected chi connectivity index (χ1v) is 9.06. The largest absolute Gasteiger partial charge is 0.355 e. The molecule has 0 aromatic heterocycles. The van der Waals surface area contributed by atoms with Gasteiger partial charge in [-0.25, -0.2) is 5.84 Å². The number of hydrogen-bond donors (Lipinski definition) is 2. The molecule has 0 saturated carbocycles. The normalized spacial score (nSPS) is 11.7. The maximum atomic E-state index is 5.87. The van der Waals surface area contributed by atoms with Crippen molar-refractivity contribution in [3.63, 3.8) is 0 Å². The van der Waals surface area contributed by atoms with Crippen LogP contribution in [0.5, 0.6) is 0 Å². The van der Waals surface area contributed by atoms with Crippen LogP contribution >= 0.6 is 0 Å². The number of nitrogens with two attached hydrogens (primary N) is 1. The second-order valence-electron chi connectivity index (χ2n) is 5.70. The molecule has 0 amide bonds. The minimum Gasteiger partial charge on any atom is -0.355 e. The SMILES string of the molecule is CCCCCCCCCCCCN=C(NCC)N(N)CC. The van der Waals surface area contributed by atoms with E-state index in [9.17, 15) is 0 Å². The number of rotatable bonds is 13. The summed E-state index contributed by atoms with van der Waals surface area (Å²) in [6.07, 6.45) is 13.6. The first-order valence-electron chi connectivity index (χ1n) is 9.06. The van der Waals surface area contributed by atoms with Crippen molar-refractivity contribution in [2.24, 2.45) is 10.8 Å². The number of hydrogen-bond acceptors (Lipinski definition) is 2. The van der Waals surface area contributed by atoms with Gasteiger partial charge in [0.15, 0.2) is 0 Å². The zero-order valence-electron chi connectivity index (χ0n) is 14.7. The number of unbranched alkanes of at least 4 members (excludes halogenated alkanes) is 9. The zero-order valence-corrected chi connectivity index (χ0v) is 14.7. The standard InChI is InChI=1S/C17H38N4/c1-4-7-8-9-10-11-12-13-14-15-16-20-17(19-5-2)21(18)6-3/h4-16,18H2,1-3H3,(H,19,20). The Labute approximate surface area is 132 Å². The molecule has 0 aliphatic heterocycles. The van der Waals surface area contributed by atoms with Gasteiger partial charge in [0.05, 0.1) is 0 Å². The number of aliphatic imine (C=N–C) groups is 1. The molecule has 0 aromatic carbocycles. The average molecular weight is 299 g/mol. The summed E-state index contributed by atoms with van der Waals surface area (Å²) in [4.78, 5) is 4.56. The summed E-state index contributed by atoms with van der Waals surface area (Å²) in [5.41, 5.74) is 0. The highest BCUT2D eigenvalue weighted by atomic mass is 15.5. The first-order chi connectivity index (χ1) is 10.3. The molecule has 0 saturated heterocycles. The molecule has 21 heavy (non-hydrogen) atoms. The van der Waals surface area contributed by atoms with Crippen molar-refractivity contribution in [2.75, 3.05) is 19.6 Å². The zero-order chi connectivity index (χ0) is 15.8. The molecule has 0 atom stereocenters. The molecule has 0 unspecified atom stereocenters. The van der Waals surface area contributed by atoms with Crippen molar-refractivity contribution in [3.05, 3.63) is 0 Å². The molecule has 126 valence electrons. The van der Waals surface area contributed by atoms with Gasteiger partial charge >= 0.3 is 0 Å². The summed E-state index contributed by atoms with van der Waals surface area (Å²) in [6, 6.07) is 0. The lowest BCUT2D eigenvalue weighted by Gasteiger charge is -2.19. The van der Waals surface area contributed by atoms with Gasteiger partial charge in [0.2, 0.25) is 5.96 Å². The van der Waals surface area contributed by atoms with E-state index < -0.39 is 0 Å². The Kier molecular flexibility index (Phi) is 15.0. The Balaban J connectivity index is 3.48. The van der Waals surface area contributed by atoms with E-state index in [2.05, 4.69) is 24.2 Å². The Morgan fingerprint density at radius 2 is 1.38 bits per heavy atom. The summed E-state index contributed by atoms with van der Waals surface area (Å²) >= 11 is 0. The highest BCUT2D eigenvalue weighted by molar-refractivity contribution is 5.79. The molecule has 0 radical (unpaired) electrons. The van der Waals surface area contributed by atoms with E-state index in [-0.39, 0.29) is 0 Å². The third-order valence-corrected chi connectivity index (χ3v) is 3.72. The summed E-state index contributed by atoms with van der Waals surface area (Å²) in [6.45, 7) is 8.90. The van der Waals surface area contributed by atoms with Crippen LogP contribution in [-0.4, -0.2) is 30.6 Å². The first kappa shape index (κ1) is 20.2. The fourth-order valence-corrected chi connectivity index (χ4v) is 2.34. The maximum Gasteiger partial charge on any atom is 0.208 e. The van der Waals surface area contributed by atoms with E-state index in [1.165, 1.54) is 64.2 Å². The van der Waals surface area contributed by atoms with Gasteiger partial charge in [0.1, 0.15) is 0 Å². The molecule has 0 spiro atoms. The smallest absolute Gasteiger partial charge is 0.208 e. The van der Waals surface area contributed by atoms with Crippen LogP contribution in [0.25, 0.3) is 0 Å². The van der Waals surface area contributed by atoms with Crippen molar-refractivity contribution in [2.45, 2.75) is 85.0 Å². The second kappa shape index (κ2) is 15.6. The Bertz CT molecular complexity index is 241. The van der Waals surface area contributed by atoms with E-state index in [0.29, 0.717) is 0 Å². The van der Waals surface area contributed by atoms with Crippen LogP contribution in [0.4, 0.5) is 0 Å². The molecule has 3 N–H and O–H groups in total.